The third kappa shape index (κ3) is 4.69. The molecule has 2 aromatic rings. The molecule has 0 bridgehead atoms. The van der Waals surface area contributed by atoms with Crippen LogP contribution in [-0.2, 0) is 19.6 Å². The van der Waals surface area contributed by atoms with Crippen molar-refractivity contribution in [1.82, 2.24) is 0 Å². The number of carboxylic acid groups (broad SMARTS) is 1. The van der Waals surface area contributed by atoms with Gasteiger partial charge in [0.05, 0.1) is 23.1 Å². The molecule has 9 nitrogen and oxygen atoms in total. The van der Waals surface area contributed by atoms with E-state index < -0.39 is 27.7 Å². The first-order chi connectivity index (χ1) is 14.2. The van der Waals surface area contributed by atoms with Gasteiger partial charge in [-0.05, 0) is 36.4 Å². The number of carbonyl (C=O) groups excluding carboxylic acids is 1. The van der Waals surface area contributed by atoms with Crippen LogP contribution in [0.2, 0.25) is 0 Å². The van der Waals surface area contributed by atoms with Gasteiger partial charge in [0, 0.05) is 24.7 Å². The summed E-state index contributed by atoms with van der Waals surface area (Å²) >= 11 is 0. The monoisotopic (exact) mass is 438 g/mol. The summed E-state index contributed by atoms with van der Waals surface area (Å²) in [7, 11) is -4.06. The molecule has 0 saturated carbocycles. The molecule has 30 heavy (non-hydrogen) atoms. The van der Waals surface area contributed by atoms with Crippen LogP contribution in [0.3, 0.4) is 0 Å². The van der Waals surface area contributed by atoms with Crippen molar-refractivity contribution in [2.45, 2.75) is 11.3 Å². The normalized spacial score (nSPS) is 16.5. The number of nitrogens with one attached hydrogen (secondary N) is 1. The summed E-state index contributed by atoms with van der Waals surface area (Å²) in [6.07, 6.45) is -0.113. The zero-order valence-corrected chi connectivity index (χ0v) is 16.4. The maximum Gasteiger partial charge on any atom is 0.308 e. The Morgan fingerprint density at radius 1 is 1.23 bits per heavy atom. The van der Waals surface area contributed by atoms with E-state index in [-0.39, 0.29) is 48.4 Å². The summed E-state index contributed by atoms with van der Waals surface area (Å²) in [6, 6.07) is 8.62. The van der Waals surface area contributed by atoms with Gasteiger partial charge in [0.15, 0.2) is 0 Å². The molecule has 0 aromatic heterocycles. The molecule has 1 heterocycles. The Labute approximate surface area is 171 Å². The molecule has 3 N–H and O–H groups in total. The number of sulfonamides is 1. The molecule has 1 atom stereocenters. The smallest absolute Gasteiger partial charge is 0.308 e. The lowest BCUT2D eigenvalue weighted by Gasteiger charge is -2.17. The zero-order valence-electron chi connectivity index (χ0n) is 15.6. The number of amides is 1. The maximum absolute atomic E-state index is 13.4. The molecule has 1 fully saturated rings. The second kappa shape index (κ2) is 8.67. The lowest BCUT2D eigenvalue weighted by Crippen LogP contribution is -2.25. The Hall–Kier alpha value is -3.18. The molecule has 1 aliphatic heterocycles. The third-order valence-corrected chi connectivity index (χ3v) is 5.85. The molecular weight excluding hydrogens is 419 g/mol. The Morgan fingerprint density at radius 3 is 2.53 bits per heavy atom. The summed E-state index contributed by atoms with van der Waals surface area (Å²) < 4.78 is 46.3. The Bertz CT molecular complexity index is 1060. The molecule has 3 rings (SSSR count). The number of carboxylic acids is 1. The van der Waals surface area contributed by atoms with Crippen molar-refractivity contribution in [1.29, 1.82) is 0 Å². The number of aliphatic hydroxyl groups excluding tert-OH is 1. The Balaban J connectivity index is 1.79. The number of aliphatic carboxylic acids is 1. The number of carbonyl (C=O) groups is 2. The van der Waals surface area contributed by atoms with Gasteiger partial charge >= 0.3 is 5.97 Å². The number of anilines is 2. The van der Waals surface area contributed by atoms with Gasteiger partial charge in [0.25, 0.3) is 10.0 Å². The number of hydrogen-bond acceptors (Lipinski definition) is 6. The lowest BCUT2D eigenvalue weighted by atomic mass is 10.1. The second-order valence-corrected chi connectivity index (χ2v) is 8.24. The first-order valence-corrected chi connectivity index (χ1v) is 10.4. The molecule has 1 aliphatic rings. The molecule has 0 aliphatic carbocycles. The Morgan fingerprint density at radius 2 is 1.93 bits per heavy atom. The predicted octanol–water partition coefficient (Wildman–Crippen LogP) is 1.44. The van der Waals surface area contributed by atoms with Crippen LogP contribution in [0.5, 0.6) is 5.75 Å². The summed E-state index contributed by atoms with van der Waals surface area (Å²) in [5.74, 6) is -2.93. The number of hydrogen-bond donors (Lipinski definition) is 3. The topological polar surface area (TPSA) is 133 Å². The fraction of sp³-hybridized carbons (Fsp3) is 0.263. The first kappa shape index (κ1) is 21.5. The van der Waals surface area contributed by atoms with Crippen molar-refractivity contribution in [3.05, 3.63) is 48.3 Å². The van der Waals surface area contributed by atoms with Crippen LogP contribution in [0.25, 0.3) is 0 Å². The van der Waals surface area contributed by atoms with E-state index in [1.54, 1.807) is 0 Å². The Kier molecular flexibility index (Phi) is 6.22. The van der Waals surface area contributed by atoms with E-state index in [1.807, 2.05) is 0 Å². The average Bonchev–Trinajstić information content (AvgIpc) is 3.10. The van der Waals surface area contributed by atoms with Crippen LogP contribution >= 0.6 is 0 Å². The van der Waals surface area contributed by atoms with E-state index >= 15 is 0 Å². The van der Waals surface area contributed by atoms with Gasteiger partial charge in [-0.1, -0.05) is 0 Å². The minimum absolute atomic E-state index is 0.00653. The fourth-order valence-corrected chi connectivity index (χ4v) is 4.06. The zero-order chi connectivity index (χ0) is 21.9. The molecule has 0 radical (unpaired) electrons. The number of halogens is 1. The van der Waals surface area contributed by atoms with Crippen molar-refractivity contribution in [3.8, 4) is 5.75 Å². The molecule has 0 spiro atoms. The quantitative estimate of drug-likeness (QED) is 0.568. The van der Waals surface area contributed by atoms with E-state index in [2.05, 4.69) is 4.72 Å². The van der Waals surface area contributed by atoms with Crippen LogP contribution in [0.4, 0.5) is 15.8 Å². The van der Waals surface area contributed by atoms with Crippen LogP contribution in [0.1, 0.15) is 6.42 Å². The van der Waals surface area contributed by atoms with Gasteiger partial charge in [-0.15, -0.1) is 0 Å². The van der Waals surface area contributed by atoms with Crippen LogP contribution in [-0.4, -0.2) is 50.3 Å². The van der Waals surface area contributed by atoms with Crippen molar-refractivity contribution in [3.63, 3.8) is 0 Å². The maximum atomic E-state index is 13.4. The summed E-state index contributed by atoms with van der Waals surface area (Å²) in [5, 5.41) is 17.9. The minimum Gasteiger partial charge on any atom is -0.489 e. The van der Waals surface area contributed by atoms with Gasteiger partial charge in [-0.2, -0.15) is 0 Å². The highest BCUT2D eigenvalue weighted by Gasteiger charge is 2.35. The van der Waals surface area contributed by atoms with Gasteiger partial charge in [-0.25, -0.2) is 12.8 Å². The standard InChI is InChI=1S/C19H19FN2O7S/c20-13-1-6-16(17(10-13)29-8-7-23)21-30(27,28)15-4-2-14(3-5-15)22-11-12(19(25)26)9-18(22)24/h1-6,10,12,21,23H,7-9,11H2,(H,25,26). The van der Waals surface area contributed by atoms with Gasteiger partial charge in [0.2, 0.25) is 5.91 Å². The number of nitrogens with zero attached hydrogens (tertiary/aromatic N) is 1. The lowest BCUT2D eigenvalue weighted by molar-refractivity contribution is -0.141. The van der Waals surface area contributed by atoms with Gasteiger partial charge < -0.3 is 19.8 Å². The highest BCUT2D eigenvalue weighted by Crippen LogP contribution is 2.30. The summed E-state index contributed by atoms with van der Waals surface area (Å²) in [4.78, 5) is 24.3. The molecule has 160 valence electrons. The second-order valence-electron chi connectivity index (χ2n) is 6.56. The number of benzene rings is 2. The van der Waals surface area contributed by atoms with E-state index in [9.17, 15) is 22.4 Å². The molecule has 1 saturated heterocycles. The van der Waals surface area contributed by atoms with Gasteiger partial charge in [0.1, 0.15) is 18.2 Å². The van der Waals surface area contributed by atoms with Crippen molar-refractivity contribution in [2.75, 3.05) is 29.4 Å². The SMILES string of the molecule is O=C(O)C1CC(=O)N(c2ccc(S(=O)(=O)Nc3ccc(F)cc3OCCO)cc2)C1. The molecule has 1 amide bonds. The van der Waals surface area contributed by atoms with E-state index in [4.69, 9.17) is 14.9 Å². The van der Waals surface area contributed by atoms with Crippen molar-refractivity contribution < 1.29 is 37.3 Å². The largest absolute Gasteiger partial charge is 0.489 e. The van der Waals surface area contributed by atoms with Crippen LogP contribution in [0.15, 0.2) is 47.4 Å². The molecule has 11 heteroatoms. The number of ether oxygens (including phenoxy) is 1. The first-order valence-electron chi connectivity index (χ1n) is 8.90. The molecular formula is C19H19FN2O7S. The molecule has 2 aromatic carbocycles. The van der Waals surface area contributed by atoms with Gasteiger partial charge in [-0.3, -0.25) is 14.3 Å². The molecule has 1 unspecified atom stereocenters. The predicted molar refractivity (Wildman–Crippen MR) is 104 cm³/mol. The summed E-state index contributed by atoms with van der Waals surface area (Å²) in [6.45, 7) is -0.462. The van der Waals surface area contributed by atoms with E-state index in [0.29, 0.717) is 5.69 Å². The van der Waals surface area contributed by atoms with E-state index in [1.165, 1.54) is 35.2 Å². The fourth-order valence-electron chi connectivity index (χ4n) is 2.99. The van der Waals surface area contributed by atoms with Crippen LogP contribution in [0, 0.1) is 11.7 Å². The number of aliphatic hydroxyl groups is 1. The van der Waals surface area contributed by atoms with E-state index in [0.717, 1.165) is 12.1 Å². The highest BCUT2D eigenvalue weighted by atomic mass is 32.2. The van der Waals surface area contributed by atoms with Crippen molar-refractivity contribution in [2.24, 2.45) is 5.92 Å². The average molecular weight is 438 g/mol. The minimum atomic E-state index is -4.06. The highest BCUT2D eigenvalue weighted by molar-refractivity contribution is 7.92. The van der Waals surface area contributed by atoms with Crippen LogP contribution < -0.4 is 14.4 Å². The third-order valence-electron chi connectivity index (χ3n) is 4.47. The number of rotatable bonds is 8. The van der Waals surface area contributed by atoms with Crippen molar-refractivity contribution >= 4 is 33.3 Å². The summed E-state index contributed by atoms with van der Waals surface area (Å²) in [5.41, 5.74) is 0.379.